The second-order valence-corrected chi connectivity index (χ2v) is 4.87. The molecule has 3 rings (SSSR count). The Balaban J connectivity index is 2.18. The maximum atomic E-state index is 5.74. The third-order valence-corrected chi connectivity index (χ3v) is 3.79. The lowest BCUT2D eigenvalue weighted by Crippen LogP contribution is -1.94. The zero-order chi connectivity index (χ0) is 11.7. The fourth-order valence-electron chi connectivity index (χ4n) is 2.00. The highest BCUT2D eigenvalue weighted by molar-refractivity contribution is 7.10. The van der Waals surface area contributed by atoms with E-state index in [4.69, 9.17) is 5.73 Å². The topological polar surface area (TPSA) is 38.9 Å². The van der Waals surface area contributed by atoms with E-state index in [1.807, 2.05) is 12.3 Å². The Bertz CT molecular complexity index is 658. The van der Waals surface area contributed by atoms with E-state index in [2.05, 4.69) is 40.7 Å². The van der Waals surface area contributed by atoms with Crippen LogP contribution in [-0.2, 0) is 6.54 Å². The predicted octanol–water partition coefficient (Wildman–Crippen LogP) is 3.42. The number of aromatic nitrogens is 1. The van der Waals surface area contributed by atoms with Crippen LogP contribution in [0, 0.1) is 0 Å². The molecule has 0 amide bonds. The van der Waals surface area contributed by atoms with Gasteiger partial charge in [0.2, 0.25) is 0 Å². The van der Waals surface area contributed by atoms with Crippen molar-refractivity contribution < 1.29 is 0 Å². The van der Waals surface area contributed by atoms with E-state index in [0.29, 0.717) is 6.54 Å². The van der Waals surface area contributed by atoms with Gasteiger partial charge in [-0.05, 0) is 40.8 Å². The van der Waals surface area contributed by atoms with Crippen molar-refractivity contribution in [3.8, 4) is 11.1 Å². The van der Waals surface area contributed by atoms with Gasteiger partial charge < -0.3 is 5.73 Å². The maximum Gasteiger partial charge on any atom is 0.0702 e. The van der Waals surface area contributed by atoms with Crippen molar-refractivity contribution >= 4 is 22.2 Å². The van der Waals surface area contributed by atoms with Crippen LogP contribution in [0.1, 0.15) is 4.88 Å². The Morgan fingerprint density at radius 3 is 3.00 bits per heavy atom. The van der Waals surface area contributed by atoms with Crippen molar-refractivity contribution in [1.29, 1.82) is 0 Å². The Labute approximate surface area is 104 Å². The molecule has 2 nitrogen and oxygen atoms in total. The average Bonchev–Trinajstić information content (AvgIpc) is 2.86. The summed E-state index contributed by atoms with van der Waals surface area (Å²) in [6.07, 6.45) is 1.82. The normalized spacial score (nSPS) is 10.9. The van der Waals surface area contributed by atoms with E-state index in [0.717, 1.165) is 5.52 Å². The van der Waals surface area contributed by atoms with E-state index in [1.54, 1.807) is 11.3 Å². The average molecular weight is 240 g/mol. The van der Waals surface area contributed by atoms with Gasteiger partial charge in [-0.25, -0.2) is 0 Å². The molecule has 17 heavy (non-hydrogen) atoms. The molecule has 3 aromatic rings. The Morgan fingerprint density at radius 2 is 2.12 bits per heavy atom. The van der Waals surface area contributed by atoms with Crippen LogP contribution in [-0.4, -0.2) is 4.98 Å². The van der Waals surface area contributed by atoms with Gasteiger partial charge >= 0.3 is 0 Å². The van der Waals surface area contributed by atoms with Gasteiger partial charge in [0.05, 0.1) is 5.52 Å². The van der Waals surface area contributed by atoms with Crippen LogP contribution in [0.4, 0.5) is 0 Å². The molecule has 1 aromatic carbocycles. The SMILES string of the molecule is NCc1sccc1-c1ccc2ncccc2c1. The number of benzene rings is 1. The molecular formula is C14H12N2S. The van der Waals surface area contributed by atoms with E-state index >= 15 is 0 Å². The van der Waals surface area contributed by atoms with Crippen molar-refractivity contribution in [3.63, 3.8) is 0 Å². The molecule has 0 saturated heterocycles. The van der Waals surface area contributed by atoms with Gasteiger partial charge in [0.15, 0.2) is 0 Å². The van der Waals surface area contributed by atoms with Crippen LogP contribution in [0.5, 0.6) is 0 Å². The summed E-state index contributed by atoms with van der Waals surface area (Å²) in [5.74, 6) is 0. The summed E-state index contributed by atoms with van der Waals surface area (Å²) in [5, 5.41) is 3.25. The van der Waals surface area contributed by atoms with Crippen LogP contribution in [0.2, 0.25) is 0 Å². The van der Waals surface area contributed by atoms with Crippen LogP contribution in [0.3, 0.4) is 0 Å². The Hall–Kier alpha value is -1.71. The molecule has 2 N–H and O–H groups in total. The summed E-state index contributed by atoms with van der Waals surface area (Å²) in [6, 6.07) is 12.5. The summed E-state index contributed by atoms with van der Waals surface area (Å²) < 4.78 is 0. The molecule has 0 fully saturated rings. The van der Waals surface area contributed by atoms with Crippen molar-refractivity contribution in [2.45, 2.75) is 6.54 Å². The lowest BCUT2D eigenvalue weighted by Gasteiger charge is -2.03. The minimum absolute atomic E-state index is 0.595. The van der Waals surface area contributed by atoms with Crippen molar-refractivity contribution in [3.05, 3.63) is 52.9 Å². The van der Waals surface area contributed by atoms with E-state index < -0.39 is 0 Å². The largest absolute Gasteiger partial charge is 0.326 e. The van der Waals surface area contributed by atoms with Crippen LogP contribution >= 0.6 is 11.3 Å². The van der Waals surface area contributed by atoms with Gasteiger partial charge in [0.25, 0.3) is 0 Å². The van der Waals surface area contributed by atoms with Crippen molar-refractivity contribution in [2.24, 2.45) is 5.73 Å². The predicted molar refractivity (Wildman–Crippen MR) is 72.9 cm³/mol. The first-order chi connectivity index (χ1) is 8.38. The summed E-state index contributed by atoms with van der Waals surface area (Å²) in [7, 11) is 0. The van der Waals surface area contributed by atoms with Gasteiger partial charge in [-0.1, -0.05) is 12.1 Å². The number of nitrogens with zero attached hydrogens (tertiary/aromatic N) is 1. The number of fused-ring (bicyclic) bond motifs is 1. The minimum atomic E-state index is 0.595. The lowest BCUT2D eigenvalue weighted by atomic mass is 10.0. The third kappa shape index (κ3) is 1.84. The van der Waals surface area contributed by atoms with E-state index in [1.165, 1.54) is 21.4 Å². The zero-order valence-corrected chi connectivity index (χ0v) is 10.1. The van der Waals surface area contributed by atoms with Gasteiger partial charge in [-0.15, -0.1) is 11.3 Å². The molecule has 0 bridgehead atoms. The van der Waals surface area contributed by atoms with Crippen LogP contribution in [0.15, 0.2) is 48.0 Å². The number of rotatable bonds is 2. The van der Waals surface area contributed by atoms with E-state index in [9.17, 15) is 0 Å². The molecule has 0 atom stereocenters. The molecule has 0 aliphatic heterocycles. The number of nitrogens with two attached hydrogens (primary N) is 1. The number of pyridine rings is 1. The molecule has 84 valence electrons. The Morgan fingerprint density at radius 1 is 1.18 bits per heavy atom. The molecule has 0 radical (unpaired) electrons. The molecule has 3 heteroatoms. The van der Waals surface area contributed by atoms with Crippen molar-refractivity contribution in [2.75, 3.05) is 0 Å². The molecule has 0 spiro atoms. The van der Waals surface area contributed by atoms with Crippen LogP contribution < -0.4 is 5.73 Å². The van der Waals surface area contributed by atoms with Crippen molar-refractivity contribution in [1.82, 2.24) is 4.98 Å². The number of hydrogen-bond acceptors (Lipinski definition) is 3. The number of hydrogen-bond donors (Lipinski definition) is 1. The molecule has 0 aliphatic rings. The highest BCUT2D eigenvalue weighted by Crippen LogP contribution is 2.29. The van der Waals surface area contributed by atoms with Gasteiger partial charge in [0, 0.05) is 23.0 Å². The minimum Gasteiger partial charge on any atom is -0.326 e. The highest BCUT2D eigenvalue weighted by Gasteiger charge is 2.06. The second-order valence-electron chi connectivity index (χ2n) is 3.87. The summed E-state index contributed by atoms with van der Waals surface area (Å²) >= 11 is 1.71. The van der Waals surface area contributed by atoms with Gasteiger partial charge in [0.1, 0.15) is 0 Å². The standard InChI is InChI=1S/C14H12N2S/c15-9-14-12(5-7-17-14)10-3-4-13-11(8-10)2-1-6-16-13/h1-8H,9,15H2. The zero-order valence-electron chi connectivity index (χ0n) is 9.26. The van der Waals surface area contributed by atoms with Crippen LogP contribution in [0.25, 0.3) is 22.0 Å². The molecule has 0 unspecified atom stereocenters. The quantitative estimate of drug-likeness (QED) is 0.745. The monoisotopic (exact) mass is 240 g/mol. The first kappa shape index (κ1) is 10.4. The van der Waals surface area contributed by atoms with E-state index in [-0.39, 0.29) is 0 Å². The molecule has 0 aliphatic carbocycles. The van der Waals surface area contributed by atoms with Gasteiger partial charge in [-0.2, -0.15) is 0 Å². The maximum absolute atomic E-state index is 5.74. The third-order valence-electron chi connectivity index (χ3n) is 2.84. The number of thiophene rings is 1. The molecular weight excluding hydrogens is 228 g/mol. The lowest BCUT2D eigenvalue weighted by molar-refractivity contribution is 1.11. The molecule has 2 heterocycles. The fourth-order valence-corrected chi connectivity index (χ4v) is 2.78. The summed E-state index contributed by atoms with van der Waals surface area (Å²) in [4.78, 5) is 5.55. The highest BCUT2D eigenvalue weighted by atomic mass is 32.1. The molecule has 0 saturated carbocycles. The summed E-state index contributed by atoms with van der Waals surface area (Å²) in [6.45, 7) is 0.595. The summed E-state index contributed by atoms with van der Waals surface area (Å²) in [5.41, 5.74) is 9.23. The molecule has 2 aromatic heterocycles. The second kappa shape index (κ2) is 4.28. The first-order valence-corrected chi connectivity index (χ1v) is 6.38. The smallest absolute Gasteiger partial charge is 0.0702 e. The van der Waals surface area contributed by atoms with Gasteiger partial charge in [-0.3, -0.25) is 4.98 Å². The fraction of sp³-hybridized carbons (Fsp3) is 0.0714. The Kier molecular flexibility index (Phi) is 2.63. The first-order valence-electron chi connectivity index (χ1n) is 5.50.